The average Bonchev–Trinajstić information content (AvgIpc) is 2.44. The van der Waals surface area contributed by atoms with Crippen molar-refractivity contribution in [2.75, 3.05) is 20.2 Å². The molecule has 1 rings (SSSR count). The van der Waals surface area contributed by atoms with Crippen molar-refractivity contribution < 1.29 is 17.9 Å². The summed E-state index contributed by atoms with van der Waals surface area (Å²) in [6.45, 7) is 2.37. The van der Waals surface area contributed by atoms with Crippen LogP contribution in [0.15, 0.2) is 0 Å². The van der Waals surface area contributed by atoms with E-state index in [0.717, 1.165) is 25.7 Å². The molecule has 0 aromatic carbocycles. The zero-order valence-corrected chi connectivity index (χ0v) is 13.2. The molecule has 118 valence electrons. The number of nitrogens with one attached hydrogen (secondary N) is 1. The fourth-order valence-electron chi connectivity index (χ4n) is 2.41. The van der Waals surface area contributed by atoms with Crippen molar-refractivity contribution in [1.29, 1.82) is 0 Å². The van der Waals surface area contributed by atoms with Crippen LogP contribution in [0, 0.1) is 0 Å². The van der Waals surface area contributed by atoms with Crippen molar-refractivity contribution in [3.8, 4) is 0 Å². The molecule has 0 atom stereocenters. The molecule has 1 aliphatic rings. The van der Waals surface area contributed by atoms with E-state index >= 15 is 0 Å². The van der Waals surface area contributed by atoms with Crippen LogP contribution in [-0.2, 0) is 19.7 Å². The second-order valence-corrected chi connectivity index (χ2v) is 6.93. The maximum Gasteiger partial charge on any atom is 0.305 e. The highest BCUT2D eigenvalue weighted by Crippen LogP contribution is 2.22. The Hall–Kier alpha value is -0.660. The zero-order chi connectivity index (χ0) is 15.0. The number of hydrogen-bond donors (Lipinski definition) is 1. The van der Waals surface area contributed by atoms with Gasteiger partial charge in [-0.1, -0.05) is 19.3 Å². The lowest BCUT2D eigenvalue weighted by molar-refractivity contribution is -0.143. The highest BCUT2D eigenvalue weighted by molar-refractivity contribution is 7.87. The first-order valence-electron chi connectivity index (χ1n) is 7.35. The number of rotatable bonds is 8. The number of ether oxygens (including phenoxy) is 1. The maximum atomic E-state index is 12.1. The molecule has 20 heavy (non-hydrogen) atoms. The summed E-state index contributed by atoms with van der Waals surface area (Å²) in [6, 6.07) is 0.103. The fraction of sp³-hybridized carbons (Fsp3) is 0.923. The van der Waals surface area contributed by atoms with E-state index in [9.17, 15) is 13.2 Å². The van der Waals surface area contributed by atoms with E-state index in [1.165, 1.54) is 10.7 Å². The van der Waals surface area contributed by atoms with E-state index in [0.29, 0.717) is 13.0 Å². The third-order valence-corrected chi connectivity index (χ3v) is 5.24. The quantitative estimate of drug-likeness (QED) is 0.544. The number of carbonyl (C=O) groups is 1. The Morgan fingerprint density at radius 3 is 2.55 bits per heavy atom. The number of hydrogen-bond acceptors (Lipinski definition) is 4. The van der Waals surface area contributed by atoms with E-state index in [-0.39, 0.29) is 25.0 Å². The van der Waals surface area contributed by atoms with Crippen LogP contribution in [0.3, 0.4) is 0 Å². The van der Waals surface area contributed by atoms with Gasteiger partial charge in [0.2, 0.25) is 0 Å². The van der Waals surface area contributed by atoms with Crippen molar-refractivity contribution in [2.45, 2.75) is 57.9 Å². The van der Waals surface area contributed by atoms with Gasteiger partial charge in [-0.25, -0.2) is 4.72 Å². The summed E-state index contributed by atoms with van der Waals surface area (Å²) in [7, 11) is -1.81. The molecule has 0 saturated heterocycles. The van der Waals surface area contributed by atoms with Gasteiger partial charge in [-0.2, -0.15) is 12.7 Å². The normalized spacial score (nSPS) is 17.4. The predicted octanol–water partition coefficient (Wildman–Crippen LogP) is 1.43. The molecule has 1 N–H and O–H groups in total. The second kappa shape index (κ2) is 8.59. The Balaban J connectivity index is 2.31. The van der Waals surface area contributed by atoms with Crippen LogP contribution in [0.1, 0.15) is 51.9 Å². The number of carbonyl (C=O) groups excluding carboxylic acids is 1. The van der Waals surface area contributed by atoms with Gasteiger partial charge in [0.05, 0.1) is 6.61 Å². The molecule has 0 amide bonds. The van der Waals surface area contributed by atoms with E-state index in [4.69, 9.17) is 4.74 Å². The standard InChI is InChI=1S/C13H26N2O4S/c1-3-19-13(16)10-7-11-14-20(17,18)15(2)12-8-5-4-6-9-12/h12,14H,3-11H2,1-2H3. The fourth-order valence-corrected chi connectivity index (χ4v) is 3.62. The zero-order valence-electron chi connectivity index (χ0n) is 12.4. The summed E-state index contributed by atoms with van der Waals surface area (Å²) in [5, 5.41) is 0. The molecule has 1 fully saturated rings. The Kier molecular flexibility index (Phi) is 7.47. The largest absolute Gasteiger partial charge is 0.466 e. The molecule has 1 aliphatic carbocycles. The van der Waals surface area contributed by atoms with Gasteiger partial charge in [-0.05, 0) is 26.2 Å². The van der Waals surface area contributed by atoms with Crippen molar-refractivity contribution in [1.82, 2.24) is 9.03 Å². The maximum absolute atomic E-state index is 12.1. The van der Waals surface area contributed by atoms with Crippen molar-refractivity contribution in [3.63, 3.8) is 0 Å². The summed E-state index contributed by atoms with van der Waals surface area (Å²) in [6.07, 6.45) is 5.93. The van der Waals surface area contributed by atoms with Crippen LogP contribution in [0.25, 0.3) is 0 Å². The van der Waals surface area contributed by atoms with Gasteiger partial charge in [-0.15, -0.1) is 0 Å². The first kappa shape index (κ1) is 17.4. The smallest absolute Gasteiger partial charge is 0.305 e. The van der Waals surface area contributed by atoms with Crippen LogP contribution in [0.5, 0.6) is 0 Å². The van der Waals surface area contributed by atoms with Gasteiger partial charge in [0.25, 0.3) is 10.2 Å². The lowest BCUT2D eigenvalue weighted by Gasteiger charge is -2.30. The molecule has 0 heterocycles. The lowest BCUT2D eigenvalue weighted by atomic mass is 9.96. The third kappa shape index (κ3) is 5.76. The summed E-state index contributed by atoms with van der Waals surface area (Å²) in [5.41, 5.74) is 0. The molecule has 7 heteroatoms. The van der Waals surface area contributed by atoms with E-state index < -0.39 is 10.2 Å². The molecule has 0 radical (unpaired) electrons. The highest BCUT2D eigenvalue weighted by Gasteiger charge is 2.26. The van der Waals surface area contributed by atoms with Gasteiger partial charge in [0.15, 0.2) is 0 Å². The molecule has 0 spiro atoms. The SMILES string of the molecule is CCOC(=O)CCCNS(=O)(=O)N(C)C1CCCCC1. The second-order valence-electron chi connectivity index (χ2n) is 5.12. The predicted molar refractivity (Wildman–Crippen MR) is 77.4 cm³/mol. The van der Waals surface area contributed by atoms with Crippen LogP contribution < -0.4 is 4.72 Å². The van der Waals surface area contributed by atoms with Gasteiger partial charge >= 0.3 is 5.97 Å². The molecule has 6 nitrogen and oxygen atoms in total. The Bertz CT molecular complexity index is 391. The van der Waals surface area contributed by atoms with Crippen molar-refractivity contribution >= 4 is 16.2 Å². The Morgan fingerprint density at radius 1 is 1.30 bits per heavy atom. The average molecular weight is 306 g/mol. The third-order valence-electron chi connectivity index (χ3n) is 3.62. The summed E-state index contributed by atoms with van der Waals surface area (Å²) in [5.74, 6) is -0.285. The van der Waals surface area contributed by atoms with Gasteiger partial charge in [0.1, 0.15) is 0 Å². The topological polar surface area (TPSA) is 75.7 Å². The summed E-state index contributed by atoms with van der Waals surface area (Å²) < 4.78 is 33.0. The van der Waals surface area contributed by atoms with Crippen molar-refractivity contribution in [2.24, 2.45) is 0 Å². The summed E-state index contributed by atoms with van der Waals surface area (Å²) in [4.78, 5) is 11.1. The highest BCUT2D eigenvalue weighted by atomic mass is 32.2. The van der Waals surface area contributed by atoms with E-state index in [1.807, 2.05) is 0 Å². The summed E-state index contributed by atoms with van der Waals surface area (Å²) >= 11 is 0. The Labute approximate surface area is 122 Å². The molecule has 0 unspecified atom stereocenters. The van der Waals surface area contributed by atoms with Crippen LogP contribution in [0.2, 0.25) is 0 Å². The van der Waals surface area contributed by atoms with E-state index in [2.05, 4.69) is 4.72 Å². The minimum absolute atomic E-state index is 0.103. The molecule has 0 aliphatic heterocycles. The minimum atomic E-state index is -3.44. The first-order chi connectivity index (χ1) is 9.47. The monoisotopic (exact) mass is 306 g/mol. The number of esters is 1. The number of nitrogens with zero attached hydrogens (tertiary/aromatic N) is 1. The molecule has 1 saturated carbocycles. The van der Waals surface area contributed by atoms with Gasteiger partial charge in [-0.3, -0.25) is 4.79 Å². The molecular formula is C13H26N2O4S. The van der Waals surface area contributed by atoms with Crippen LogP contribution in [-0.4, -0.2) is 44.9 Å². The van der Waals surface area contributed by atoms with E-state index in [1.54, 1.807) is 14.0 Å². The van der Waals surface area contributed by atoms with Crippen LogP contribution >= 0.6 is 0 Å². The molecule has 0 aromatic rings. The van der Waals surface area contributed by atoms with Crippen molar-refractivity contribution in [3.05, 3.63) is 0 Å². The molecule has 0 bridgehead atoms. The lowest BCUT2D eigenvalue weighted by Crippen LogP contribution is -2.45. The van der Waals surface area contributed by atoms with Crippen LogP contribution in [0.4, 0.5) is 0 Å². The minimum Gasteiger partial charge on any atom is -0.466 e. The first-order valence-corrected chi connectivity index (χ1v) is 8.79. The van der Waals surface area contributed by atoms with Gasteiger partial charge < -0.3 is 4.74 Å². The molecule has 0 aromatic heterocycles. The Morgan fingerprint density at radius 2 is 1.95 bits per heavy atom. The van der Waals surface area contributed by atoms with Gasteiger partial charge in [0, 0.05) is 26.1 Å². The molecular weight excluding hydrogens is 280 g/mol.